The van der Waals surface area contributed by atoms with Crippen molar-refractivity contribution in [3.63, 3.8) is 0 Å². The second-order valence-corrected chi connectivity index (χ2v) is 15.6. The van der Waals surface area contributed by atoms with Crippen LogP contribution in [0.3, 0.4) is 0 Å². The van der Waals surface area contributed by atoms with Gasteiger partial charge in [-0.1, -0.05) is 11.8 Å². The van der Waals surface area contributed by atoms with Crippen LogP contribution in [0.4, 0.5) is 9.59 Å². The number of aromatic amines is 2. The zero-order chi connectivity index (χ0) is 34.9. The number of ether oxygens (including phenoxy) is 2. The number of imidazole rings is 1. The van der Waals surface area contributed by atoms with Crippen LogP contribution in [0.25, 0.3) is 22.4 Å². The molecule has 0 spiro atoms. The molecule has 2 aromatic carbocycles. The van der Waals surface area contributed by atoms with Crippen molar-refractivity contribution in [1.29, 1.82) is 0 Å². The summed E-state index contributed by atoms with van der Waals surface area (Å²) < 4.78 is 11.3. The number of hydrogen-bond acceptors (Lipinski definition) is 8. The lowest BCUT2D eigenvalue weighted by atomic mass is 10.1. The Kier molecular flexibility index (Phi) is 9.67. The standard InChI is InChI=1S/C37H45N7O4S/c1-36(2,3)47-34(45)43-20-8-10-28(43)30(49-7)33-38-26-19-16-24(22-27(26)39-33)13-12-23-14-17-25(18-15-23)31-40-32(42-41-31)29-11-9-21-44(29)35(46)48-37(4,5)6/h14-19,22,28-30H,8-11,20-21H2,1-7H3,(H,38,39)(H,40,41,42). The Morgan fingerprint density at radius 3 is 2.20 bits per heavy atom. The number of nitrogens with zero attached hydrogens (tertiary/aromatic N) is 5. The first-order valence-corrected chi connectivity index (χ1v) is 18.1. The quantitative estimate of drug-likeness (QED) is 0.206. The third-order valence-electron chi connectivity index (χ3n) is 8.49. The third-order valence-corrected chi connectivity index (χ3v) is 9.54. The van der Waals surface area contributed by atoms with Gasteiger partial charge in [0.05, 0.1) is 28.4 Å². The predicted molar refractivity (Wildman–Crippen MR) is 191 cm³/mol. The summed E-state index contributed by atoms with van der Waals surface area (Å²) in [6.45, 7) is 12.6. The number of hydrogen-bond donors (Lipinski definition) is 2. The second-order valence-electron chi connectivity index (χ2n) is 14.6. The SMILES string of the molecule is CSC(c1nc2ccc(C#Cc3ccc(-c4n[nH]c(C5CCCN5C(=O)OC(C)(C)C)n4)cc3)cc2[nH]1)C1CCCN1C(=O)OC(C)(C)C. The van der Waals surface area contributed by atoms with Crippen molar-refractivity contribution in [2.24, 2.45) is 0 Å². The molecular formula is C37H45N7O4S. The van der Waals surface area contributed by atoms with Crippen molar-refractivity contribution >= 4 is 35.0 Å². The van der Waals surface area contributed by atoms with Gasteiger partial charge in [0, 0.05) is 29.8 Å². The maximum Gasteiger partial charge on any atom is 0.410 e. The smallest absolute Gasteiger partial charge is 0.410 e. The Morgan fingerprint density at radius 1 is 0.878 bits per heavy atom. The lowest BCUT2D eigenvalue weighted by Gasteiger charge is -2.31. The van der Waals surface area contributed by atoms with Gasteiger partial charge in [-0.05, 0) is 116 Å². The van der Waals surface area contributed by atoms with Crippen LogP contribution in [0, 0.1) is 11.8 Å². The van der Waals surface area contributed by atoms with Gasteiger partial charge in [-0.25, -0.2) is 19.6 Å². The van der Waals surface area contributed by atoms with Crippen molar-refractivity contribution in [2.45, 2.75) is 95.8 Å². The highest BCUT2D eigenvalue weighted by molar-refractivity contribution is 7.98. The van der Waals surface area contributed by atoms with Crippen molar-refractivity contribution in [2.75, 3.05) is 19.3 Å². The molecular weight excluding hydrogens is 639 g/mol. The van der Waals surface area contributed by atoms with Gasteiger partial charge in [-0.2, -0.15) is 16.9 Å². The zero-order valence-electron chi connectivity index (χ0n) is 29.3. The average Bonchev–Trinajstić information content (AvgIpc) is 3.85. The molecule has 2 amide bonds. The number of carbonyl (C=O) groups is 2. The van der Waals surface area contributed by atoms with Crippen LogP contribution < -0.4 is 0 Å². The molecule has 11 nitrogen and oxygen atoms in total. The number of benzene rings is 2. The fraction of sp³-hybridized carbons (Fsp3) is 0.486. The van der Waals surface area contributed by atoms with Gasteiger partial charge in [-0.15, -0.1) is 0 Å². The molecule has 4 aromatic rings. The van der Waals surface area contributed by atoms with E-state index >= 15 is 0 Å². The molecule has 3 unspecified atom stereocenters. The van der Waals surface area contributed by atoms with Crippen LogP contribution >= 0.6 is 11.8 Å². The van der Waals surface area contributed by atoms with E-state index in [0.717, 1.165) is 59.2 Å². The Morgan fingerprint density at radius 2 is 1.51 bits per heavy atom. The van der Waals surface area contributed by atoms with E-state index in [1.165, 1.54) is 0 Å². The van der Waals surface area contributed by atoms with Crippen LogP contribution in [0.1, 0.15) is 101 Å². The largest absolute Gasteiger partial charge is 0.444 e. The van der Waals surface area contributed by atoms with Gasteiger partial charge < -0.3 is 19.4 Å². The lowest BCUT2D eigenvalue weighted by molar-refractivity contribution is 0.0210. The van der Waals surface area contributed by atoms with Crippen LogP contribution in [0.15, 0.2) is 42.5 Å². The van der Waals surface area contributed by atoms with Crippen molar-refractivity contribution in [3.05, 3.63) is 65.2 Å². The van der Waals surface area contributed by atoms with E-state index in [0.29, 0.717) is 24.7 Å². The van der Waals surface area contributed by atoms with Gasteiger partial charge in [0.25, 0.3) is 0 Å². The summed E-state index contributed by atoms with van der Waals surface area (Å²) in [7, 11) is 0. The molecule has 4 heterocycles. The molecule has 6 rings (SSSR count). The highest BCUT2D eigenvalue weighted by Gasteiger charge is 2.39. The minimum Gasteiger partial charge on any atom is -0.444 e. The summed E-state index contributed by atoms with van der Waals surface area (Å²) in [6.07, 6.45) is 4.99. The highest BCUT2D eigenvalue weighted by atomic mass is 32.2. The average molecular weight is 684 g/mol. The summed E-state index contributed by atoms with van der Waals surface area (Å²) in [4.78, 5) is 42.4. The number of nitrogens with one attached hydrogen (secondary N) is 2. The molecule has 258 valence electrons. The Labute approximate surface area is 291 Å². The molecule has 0 aliphatic carbocycles. The second kappa shape index (κ2) is 13.8. The third kappa shape index (κ3) is 8.05. The van der Waals surface area contributed by atoms with E-state index in [-0.39, 0.29) is 29.5 Å². The molecule has 2 aliphatic rings. The number of rotatable bonds is 5. The molecule has 2 N–H and O–H groups in total. The first kappa shape index (κ1) is 34.4. The summed E-state index contributed by atoms with van der Waals surface area (Å²) in [5, 5.41) is 7.48. The molecule has 2 aliphatic heterocycles. The van der Waals surface area contributed by atoms with E-state index < -0.39 is 11.2 Å². The Balaban J connectivity index is 1.13. The van der Waals surface area contributed by atoms with E-state index in [2.05, 4.69) is 33.3 Å². The summed E-state index contributed by atoms with van der Waals surface area (Å²) in [6, 6.07) is 13.6. The molecule has 2 saturated heterocycles. The van der Waals surface area contributed by atoms with Crippen molar-refractivity contribution in [1.82, 2.24) is 34.9 Å². The van der Waals surface area contributed by atoms with E-state index in [1.54, 1.807) is 16.7 Å². The minimum absolute atomic E-state index is 0.00219. The fourth-order valence-corrected chi connectivity index (χ4v) is 7.27. The monoisotopic (exact) mass is 683 g/mol. The molecule has 2 fully saturated rings. The van der Waals surface area contributed by atoms with E-state index in [4.69, 9.17) is 19.4 Å². The van der Waals surface area contributed by atoms with Crippen LogP contribution in [0.5, 0.6) is 0 Å². The first-order valence-electron chi connectivity index (χ1n) is 16.8. The summed E-state index contributed by atoms with van der Waals surface area (Å²) >= 11 is 1.69. The molecule has 0 bridgehead atoms. The number of amides is 2. The Bertz CT molecular complexity index is 1880. The van der Waals surface area contributed by atoms with E-state index in [9.17, 15) is 9.59 Å². The fourth-order valence-electron chi connectivity index (χ4n) is 6.34. The van der Waals surface area contributed by atoms with Gasteiger partial charge in [-0.3, -0.25) is 10.00 Å². The van der Waals surface area contributed by atoms with Crippen LogP contribution in [0.2, 0.25) is 0 Å². The topological polar surface area (TPSA) is 129 Å². The maximum absolute atomic E-state index is 13.0. The summed E-state index contributed by atoms with van der Waals surface area (Å²) in [5.74, 6) is 8.62. The molecule has 3 atom stereocenters. The van der Waals surface area contributed by atoms with Gasteiger partial charge in [0.15, 0.2) is 5.82 Å². The molecule has 0 radical (unpaired) electrons. The number of fused-ring (bicyclic) bond motifs is 1. The molecule has 2 aromatic heterocycles. The van der Waals surface area contributed by atoms with Gasteiger partial charge >= 0.3 is 12.2 Å². The number of carbonyl (C=O) groups excluding carboxylic acids is 2. The van der Waals surface area contributed by atoms with Gasteiger partial charge in [0.1, 0.15) is 22.9 Å². The normalized spacial score (nSPS) is 18.8. The van der Waals surface area contributed by atoms with E-state index in [1.807, 2.05) is 88.9 Å². The molecule has 12 heteroatoms. The minimum atomic E-state index is -0.558. The number of likely N-dealkylation sites (tertiary alicyclic amines) is 2. The Hall–Kier alpha value is -4.50. The van der Waals surface area contributed by atoms with Crippen LogP contribution in [-0.2, 0) is 9.47 Å². The maximum atomic E-state index is 13.0. The first-order chi connectivity index (χ1) is 23.3. The van der Waals surface area contributed by atoms with Crippen molar-refractivity contribution in [3.8, 4) is 23.2 Å². The lowest BCUT2D eigenvalue weighted by Crippen LogP contribution is -2.42. The summed E-state index contributed by atoms with van der Waals surface area (Å²) in [5.41, 5.74) is 3.27. The van der Waals surface area contributed by atoms with Gasteiger partial charge in [0.2, 0.25) is 0 Å². The predicted octanol–water partition coefficient (Wildman–Crippen LogP) is 7.62. The number of thioether (sulfide) groups is 1. The number of H-pyrrole nitrogens is 2. The highest BCUT2D eigenvalue weighted by Crippen LogP contribution is 2.38. The molecule has 49 heavy (non-hydrogen) atoms. The van der Waals surface area contributed by atoms with Crippen LogP contribution in [-0.4, -0.2) is 83.7 Å². The zero-order valence-corrected chi connectivity index (χ0v) is 30.1. The van der Waals surface area contributed by atoms with Crippen molar-refractivity contribution < 1.29 is 19.1 Å². The molecule has 0 saturated carbocycles. The number of aromatic nitrogens is 5.